The van der Waals surface area contributed by atoms with E-state index in [1.807, 2.05) is 20.3 Å². The summed E-state index contributed by atoms with van der Waals surface area (Å²) >= 11 is 0. The predicted octanol–water partition coefficient (Wildman–Crippen LogP) is 15.5. The van der Waals surface area contributed by atoms with Crippen LogP contribution in [0.3, 0.4) is 0 Å². The Morgan fingerprint density at radius 3 is 0.550 bits per heavy atom. The summed E-state index contributed by atoms with van der Waals surface area (Å²) in [6.07, 6.45) is 43.7. The zero-order valence-corrected chi connectivity index (χ0v) is 31.0. The van der Waals surface area contributed by atoms with Gasteiger partial charge in [-0.15, -0.1) is 0 Å². The van der Waals surface area contributed by atoms with E-state index in [0.29, 0.717) is 0 Å². The van der Waals surface area contributed by atoms with Gasteiger partial charge in [-0.2, -0.15) is 33.1 Å². The molecule has 0 amide bonds. The molecule has 0 aromatic heterocycles. The number of hydrogen-bond donors (Lipinski definition) is 0. The van der Waals surface area contributed by atoms with E-state index in [2.05, 4.69) is 41.5 Å². The first-order valence-corrected chi connectivity index (χ1v) is 18.3. The maximum absolute atomic E-state index is 3.84. The standard InChI is InChI=1S/3C12H25.C3H7.Ti/c3*1-3-5-7-9-11-12-10-8-6-4-2;1-3-2;/h3*1,3-12H2,2H3;3H,1-2H3;/q4*-1;+4. The van der Waals surface area contributed by atoms with Crippen molar-refractivity contribution in [2.24, 2.45) is 0 Å². The van der Waals surface area contributed by atoms with Crippen molar-refractivity contribution in [2.75, 3.05) is 0 Å². The molecule has 0 aliphatic carbocycles. The normalized spacial score (nSPS) is 9.90. The monoisotopic (exact) mass is 599 g/mol. The van der Waals surface area contributed by atoms with Gasteiger partial charge in [-0.3, -0.25) is 0 Å². The molecule has 0 spiro atoms. The number of unbranched alkanes of at least 4 members (excludes halogenated alkanes) is 27. The van der Waals surface area contributed by atoms with Crippen LogP contribution in [-0.2, 0) is 21.7 Å². The summed E-state index contributed by atoms with van der Waals surface area (Å²) in [6, 6.07) is 0. The zero-order chi connectivity index (χ0) is 29.9. The van der Waals surface area contributed by atoms with Crippen molar-refractivity contribution >= 4 is 0 Å². The average molecular weight is 599 g/mol. The molecule has 1 heteroatoms. The fourth-order valence-corrected chi connectivity index (χ4v) is 4.46. The Bertz CT molecular complexity index is 236. The topological polar surface area (TPSA) is 0 Å². The Morgan fingerprint density at radius 2 is 0.425 bits per heavy atom. The van der Waals surface area contributed by atoms with E-state index in [0.717, 1.165) is 19.3 Å². The first-order chi connectivity index (χ1) is 19.2. The van der Waals surface area contributed by atoms with Crippen molar-refractivity contribution in [3.8, 4) is 0 Å². The molecule has 0 aromatic carbocycles. The summed E-state index contributed by atoms with van der Waals surface area (Å²) in [5, 5.41) is 0. The van der Waals surface area contributed by atoms with Crippen LogP contribution in [0, 0.1) is 27.2 Å². The molecule has 0 nitrogen and oxygen atoms in total. The second kappa shape index (κ2) is 59.2. The Labute approximate surface area is 275 Å². The molecule has 0 aliphatic heterocycles. The number of rotatable bonds is 27. The Morgan fingerprint density at radius 1 is 0.300 bits per heavy atom. The minimum atomic E-state index is 0. The predicted molar refractivity (Wildman–Crippen MR) is 187 cm³/mol. The zero-order valence-electron chi connectivity index (χ0n) is 29.4. The van der Waals surface area contributed by atoms with Crippen LogP contribution in [0.4, 0.5) is 0 Å². The van der Waals surface area contributed by atoms with Gasteiger partial charge in [0.2, 0.25) is 0 Å². The van der Waals surface area contributed by atoms with Gasteiger partial charge in [0.15, 0.2) is 0 Å². The third kappa shape index (κ3) is 71.7. The molecule has 0 unspecified atom stereocenters. The first kappa shape index (κ1) is 50.3. The van der Waals surface area contributed by atoms with Crippen molar-refractivity contribution in [3.05, 3.63) is 27.2 Å². The van der Waals surface area contributed by atoms with E-state index in [-0.39, 0.29) is 21.7 Å². The molecule has 0 aliphatic rings. The van der Waals surface area contributed by atoms with Crippen LogP contribution in [0.1, 0.15) is 227 Å². The van der Waals surface area contributed by atoms with Crippen molar-refractivity contribution in [3.63, 3.8) is 0 Å². The van der Waals surface area contributed by atoms with Crippen LogP contribution >= 0.6 is 0 Å². The van der Waals surface area contributed by atoms with Gasteiger partial charge in [-0.1, -0.05) is 194 Å². The summed E-state index contributed by atoms with van der Waals surface area (Å²) in [7, 11) is 0. The van der Waals surface area contributed by atoms with Gasteiger partial charge in [-0.25, -0.2) is 0 Å². The van der Waals surface area contributed by atoms with Crippen molar-refractivity contribution in [1.82, 2.24) is 0 Å². The van der Waals surface area contributed by atoms with E-state index in [9.17, 15) is 0 Å². The molecule has 0 heterocycles. The fourth-order valence-electron chi connectivity index (χ4n) is 4.46. The molecule has 242 valence electrons. The molecule has 0 saturated heterocycles. The van der Waals surface area contributed by atoms with E-state index in [1.54, 1.807) is 0 Å². The minimum Gasteiger partial charge on any atom is -0.343 e. The first-order valence-electron chi connectivity index (χ1n) is 18.3. The van der Waals surface area contributed by atoms with E-state index in [4.69, 9.17) is 0 Å². The molecule has 0 atom stereocenters. The van der Waals surface area contributed by atoms with Crippen LogP contribution in [0.15, 0.2) is 0 Å². The fraction of sp³-hybridized carbons (Fsp3) is 0.897. The van der Waals surface area contributed by atoms with Crippen molar-refractivity contribution < 1.29 is 21.7 Å². The summed E-state index contributed by atoms with van der Waals surface area (Å²) in [5.41, 5.74) is 0. The summed E-state index contributed by atoms with van der Waals surface area (Å²) in [5.74, 6) is 0. The molecule has 40 heavy (non-hydrogen) atoms. The third-order valence-electron chi connectivity index (χ3n) is 7.06. The summed E-state index contributed by atoms with van der Waals surface area (Å²) < 4.78 is 0. The van der Waals surface area contributed by atoms with Crippen LogP contribution in [0.5, 0.6) is 0 Å². The van der Waals surface area contributed by atoms with E-state index < -0.39 is 0 Å². The Balaban J connectivity index is -0.000000144. The Hall–Kier alpha value is 0.714. The van der Waals surface area contributed by atoms with Gasteiger partial charge in [0, 0.05) is 0 Å². The van der Waals surface area contributed by atoms with Gasteiger partial charge < -0.3 is 27.2 Å². The van der Waals surface area contributed by atoms with Gasteiger partial charge >= 0.3 is 21.7 Å². The van der Waals surface area contributed by atoms with Crippen LogP contribution < -0.4 is 0 Å². The van der Waals surface area contributed by atoms with Gasteiger partial charge in [0.05, 0.1) is 0 Å². The van der Waals surface area contributed by atoms with E-state index in [1.165, 1.54) is 173 Å². The third-order valence-corrected chi connectivity index (χ3v) is 7.06. The molecule has 0 rings (SSSR count). The molecule has 0 aromatic rings. The molecular formula is C39H82Ti. The molecule has 0 saturated carbocycles. The average Bonchev–Trinajstić information content (AvgIpc) is 2.94. The summed E-state index contributed by atoms with van der Waals surface area (Å²) in [4.78, 5) is 0. The molecule has 0 bridgehead atoms. The SMILES string of the molecule is C[CH-]C.[CH2-]CCCCCCCCCCC.[CH2-]CCCCCCCCCCC.[CH2-]CCCCCCCCCCC.[Ti+4]. The quantitative estimate of drug-likeness (QED) is 0.0501. The smallest absolute Gasteiger partial charge is 0.343 e. The second-order valence-corrected chi connectivity index (χ2v) is 11.6. The maximum Gasteiger partial charge on any atom is 4.00 e. The molecular weight excluding hydrogens is 516 g/mol. The second-order valence-electron chi connectivity index (χ2n) is 11.6. The minimum absolute atomic E-state index is 0. The largest absolute Gasteiger partial charge is 4.00 e. The van der Waals surface area contributed by atoms with Gasteiger partial charge in [0.1, 0.15) is 0 Å². The van der Waals surface area contributed by atoms with Crippen molar-refractivity contribution in [2.45, 2.75) is 227 Å². The molecule has 0 N–H and O–H groups in total. The Kier molecular flexibility index (Phi) is 74.5. The van der Waals surface area contributed by atoms with Gasteiger partial charge in [-0.05, 0) is 0 Å². The molecule has 0 radical (unpaired) electrons. The van der Waals surface area contributed by atoms with Crippen LogP contribution in [0.2, 0.25) is 0 Å². The maximum atomic E-state index is 3.84. The van der Waals surface area contributed by atoms with Crippen molar-refractivity contribution in [1.29, 1.82) is 0 Å². The number of hydrogen-bond acceptors (Lipinski definition) is 0. The van der Waals surface area contributed by atoms with Crippen LogP contribution in [-0.4, -0.2) is 0 Å². The van der Waals surface area contributed by atoms with Gasteiger partial charge in [0.25, 0.3) is 0 Å². The molecule has 0 fully saturated rings. The summed E-state index contributed by atoms with van der Waals surface area (Å²) in [6.45, 7) is 22.3. The van der Waals surface area contributed by atoms with Crippen LogP contribution in [0.25, 0.3) is 0 Å². The van der Waals surface area contributed by atoms with E-state index >= 15 is 0 Å².